The van der Waals surface area contributed by atoms with Gasteiger partial charge in [-0.1, -0.05) is 31.2 Å². The first-order valence-corrected chi connectivity index (χ1v) is 11.0. The van der Waals surface area contributed by atoms with Gasteiger partial charge in [-0.05, 0) is 31.0 Å². The van der Waals surface area contributed by atoms with E-state index in [1.807, 2.05) is 0 Å². The van der Waals surface area contributed by atoms with E-state index in [1.54, 1.807) is 32.2 Å². The molecule has 0 bridgehead atoms. The predicted molar refractivity (Wildman–Crippen MR) is 120 cm³/mol. The van der Waals surface area contributed by atoms with Crippen LogP contribution in [0, 0.1) is 0 Å². The number of nitrogens with one attached hydrogen (secondary N) is 2. The number of unbranched alkanes of at least 4 members (excludes halogenated alkanes) is 1. The number of aromatic amines is 1. The molecule has 166 valence electrons. The van der Waals surface area contributed by atoms with Gasteiger partial charge in [-0.2, -0.15) is 0 Å². The second-order valence-corrected chi connectivity index (χ2v) is 8.12. The molecule has 0 fully saturated rings. The number of thioether (sulfide) groups is 1. The van der Waals surface area contributed by atoms with Gasteiger partial charge in [0.25, 0.3) is 5.56 Å². The zero-order valence-corrected chi connectivity index (χ0v) is 19.1. The number of nitrogens with zero attached hydrogens (tertiary/aromatic N) is 1. The van der Waals surface area contributed by atoms with Crippen LogP contribution in [0.5, 0.6) is 11.5 Å². The SMILES string of the molecule is CCCCSc1nc2c(c(=O)[nH]1)[C@@H](c1ccc(OC)c(OC)c1)C(C(=O)OC)=C(C)N2. The summed E-state index contributed by atoms with van der Waals surface area (Å²) in [5.74, 6) is 1.16. The first-order valence-electron chi connectivity index (χ1n) is 10.00. The molecule has 1 aliphatic rings. The quantitative estimate of drug-likeness (QED) is 0.275. The molecule has 0 unspecified atom stereocenters. The molecule has 8 nitrogen and oxygen atoms in total. The van der Waals surface area contributed by atoms with Crippen molar-refractivity contribution in [2.45, 2.75) is 37.8 Å². The highest BCUT2D eigenvalue weighted by molar-refractivity contribution is 7.99. The fourth-order valence-corrected chi connectivity index (χ4v) is 4.51. The van der Waals surface area contributed by atoms with Gasteiger partial charge in [-0.15, -0.1) is 0 Å². The van der Waals surface area contributed by atoms with Crippen LogP contribution in [-0.2, 0) is 9.53 Å². The molecule has 1 aromatic heterocycles. The third-order valence-corrected chi connectivity index (χ3v) is 6.06. The zero-order chi connectivity index (χ0) is 22.5. The van der Waals surface area contributed by atoms with E-state index in [4.69, 9.17) is 14.2 Å². The predicted octanol–water partition coefficient (Wildman–Crippen LogP) is 3.68. The lowest BCUT2D eigenvalue weighted by molar-refractivity contribution is -0.136. The summed E-state index contributed by atoms with van der Waals surface area (Å²) in [6, 6.07) is 5.32. The Morgan fingerprint density at radius 1 is 1.19 bits per heavy atom. The van der Waals surface area contributed by atoms with Crippen LogP contribution in [0.25, 0.3) is 0 Å². The van der Waals surface area contributed by atoms with E-state index < -0.39 is 11.9 Å². The highest BCUT2D eigenvalue weighted by Crippen LogP contribution is 2.42. The lowest BCUT2D eigenvalue weighted by atomic mass is 9.82. The maximum atomic E-state index is 13.2. The molecule has 0 saturated carbocycles. The van der Waals surface area contributed by atoms with Crippen LogP contribution in [-0.4, -0.2) is 43.0 Å². The Balaban J connectivity index is 2.18. The fourth-order valence-electron chi connectivity index (χ4n) is 3.56. The van der Waals surface area contributed by atoms with Crippen LogP contribution in [0.1, 0.15) is 43.7 Å². The van der Waals surface area contributed by atoms with Crippen LogP contribution in [0.15, 0.2) is 39.4 Å². The van der Waals surface area contributed by atoms with Crippen molar-refractivity contribution in [2.75, 3.05) is 32.4 Å². The number of anilines is 1. The molecule has 3 rings (SSSR count). The summed E-state index contributed by atoms with van der Waals surface area (Å²) in [6.07, 6.45) is 2.09. The molecule has 1 aromatic carbocycles. The van der Waals surface area contributed by atoms with Gasteiger partial charge >= 0.3 is 5.97 Å². The molecule has 0 amide bonds. The van der Waals surface area contributed by atoms with Crippen molar-refractivity contribution < 1.29 is 19.0 Å². The summed E-state index contributed by atoms with van der Waals surface area (Å²) in [7, 11) is 4.40. The number of methoxy groups -OCH3 is 3. The van der Waals surface area contributed by atoms with Crippen LogP contribution in [0.2, 0.25) is 0 Å². The smallest absolute Gasteiger partial charge is 0.336 e. The number of allylic oxidation sites excluding steroid dienone is 1. The summed E-state index contributed by atoms with van der Waals surface area (Å²) >= 11 is 1.50. The summed E-state index contributed by atoms with van der Waals surface area (Å²) in [4.78, 5) is 33.3. The Hall–Kier alpha value is -2.94. The average molecular weight is 446 g/mol. The van der Waals surface area contributed by atoms with Crippen molar-refractivity contribution >= 4 is 23.5 Å². The third kappa shape index (κ3) is 4.56. The van der Waals surface area contributed by atoms with Gasteiger partial charge in [0.1, 0.15) is 5.82 Å². The molecular weight excluding hydrogens is 418 g/mol. The maximum absolute atomic E-state index is 13.2. The lowest BCUT2D eigenvalue weighted by Crippen LogP contribution is -2.31. The van der Waals surface area contributed by atoms with Crippen molar-refractivity contribution in [1.82, 2.24) is 9.97 Å². The summed E-state index contributed by atoms with van der Waals surface area (Å²) < 4.78 is 15.8. The number of aromatic nitrogens is 2. The summed E-state index contributed by atoms with van der Waals surface area (Å²) in [5, 5.41) is 3.67. The van der Waals surface area contributed by atoms with Gasteiger partial charge in [-0.3, -0.25) is 4.79 Å². The highest BCUT2D eigenvalue weighted by Gasteiger charge is 2.36. The minimum Gasteiger partial charge on any atom is -0.493 e. The van der Waals surface area contributed by atoms with Crippen molar-refractivity contribution in [3.8, 4) is 11.5 Å². The largest absolute Gasteiger partial charge is 0.493 e. The first-order chi connectivity index (χ1) is 14.9. The van der Waals surface area contributed by atoms with E-state index >= 15 is 0 Å². The number of benzene rings is 1. The van der Waals surface area contributed by atoms with Crippen LogP contribution in [0.4, 0.5) is 5.82 Å². The molecular formula is C22H27N3O5S. The van der Waals surface area contributed by atoms with E-state index in [-0.39, 0.29) is 5.56 Å². The molecule has 0 aliphatic carbocycles. The first kappa shape index (κ1) is 22.7. The van der Waals surface area contributed by atoms with Crippen molar-refractivity contribution in [2.24, 2.45) is 0 Å². The zero-order valence-electron chi connectivity index (χ0n) is 18.3. The Bertz CT molecular complexity index is 1060. The number of fused-ring (bicyclic) bond motifs is 1. The number of esters is 1. The van der Waals surface area contributed by atoms with Crippen LogP contribution in [0.3, 0.4) is 0 Å². The van der Waals surface area contributed by atoms with E-state index in [1.165, 1.54) is 26.0 Å². The summed E-state index contributed by atoms with van der Waals surface area (Å²) in [5.41, 5.74) is 1.68. The van der Waals surface area contributed by atoms with E-state index in [2.05, 4.69) is 22.2 Å². The normalized spacial score (nSPS) is 15.2. The third-order valence-electron chi connectivity index (χ3n) is 5.10. The molecule has 2 heterocycles. The van der Waals surface area contributed by atoms with Crippen molar-refractivity contribution in [1.29, 1.82) is 0 Å². The Kier molecular flexibility index (Phi) is 7.27. The number of hydrogen-bond acceptors (Lipinski definition) is 8. The minimum absolute atomic E-state index is 0.301. The topological polar surface area (TPSA) is 103 Å². The van der Waals surface area contributed by atoms with Crippen molar-refractivity contribution in [3.05, 3.63) is 50.9 Å². The second kappa shape index (κ2) is 9.91. The Morgan fingerprint density at radius 2 is 1.94 bits per heavy atom. The second-order valence-electron chi connectivity index (χ2n) is 7.04. The molecule has 0 saturated heterocycles. The van der Waals surface area contributed by atoms with Gasteiger partial charge in [0.15, 0.2) is 16.7 Å². The van der Waals surface area contributed by atoms with Crippen molar-refractivity contribution in [3.63, 3.8) is 0 Å². The molecule has 9 heteroatoms. The molecule has 1 aliphatic heterocycles. The lowest BCUT2D eigenvalue weighted by Gasteiger charge is -2.29. The van der Waals surface area contributed by atoms with Crippen LogP contribution >= 0.6 is 11.8 Å². The molecule has 0 spiro atoms. The molecule has 1 atom stereocenters. The van der Waals surface area contributed by atoms with Gasteiger partial charge in [0.2, 0.25) is 0 Å². The highest BCUT2D eigenvalue weighted by atomic mass is 32.2. The van der Waals surface area contributed by atoms with E-state index in [0.29, 0.717) is 44.9 Å². The van der Waals surface area contributed by atoms with Gasteiger partial charge in [-0.25, -0.2) is 9.78 Å². The number of ether oxygens (including phenoxy) is 3. The van der Waals surface area contributed by atoms with E-state index in [9.17, 15) is 9.59 Å². The minimum atomic E-state index is -0.672. The standard InChI is InChI=1S/C22H27N3O5S/c1-6-7-10-31-22-24-19-18(20(26)25-22)17(16(12(2)23-19)21(27)30-5)13-8-9-14(28-3)15(11-13)29-4/h8-9,11,17H,6-7,10H2,1-5H3,(H2,23,24,25,26)/t17-/m0/s1. The van der Waals surface area contributed by atoms with E-state index in [0.717, 1.165) is 18.6 Å². The number of H-pyrrole nitrogens is 1. The average Bonchev–Trinajstić information content (AvgIpc) is 2.77. The number of carbonyl (C=O) groups is 1. The van der Waals surface area contributed by atoms with Gasteiger partial charge in [0.05, 0.1) is 38.4 Å². The van der Waals surface area contributed by atoms with Gasteiger partial charge < -0.3 is 24.5 Å². The Labute approximate surface area is 185 Å². The summed E-state index contributed by atoms with van der Waals surface area (Å²) in [6.45, 7) is 3.89. The van der Waals surface area contributed by atoms with Crippen LogP contribution < -0.4 is 20.3 Å². The molecule has 31 heavy (non-hydrogen) atoms. The number of hydrogen-bond donors (Lipinski definition) is 2. The fraction of sp³-hybridized carbons (Fsp3) is 0.409. The monoisotopic (exact) mass is 445 g/mol. The number of rotatable bonds is 8. The molecule has 2 N–H and O–H groups in total. The Morgan fingerprint density at radius 3 is 2.58 bits per heavy atom. The van der Waals surface area contributed by atoms with Gasteiger partial charge in [0, 0.05) is 11.4 Å². The molecule has 2 aromatic rings. The molecule has 0 radical (unpaired) electrons. The number of carbonyl (C=O) groups excluding carboxylic acids is 1. The maximum Gasteiger partial charge on any atom is 0.336 e.